The Morgan fingerprint density at radius 3 is 1.89 bits per heavy atom. The molecule has 0 saturated carbocycles. The van der Waals surface area contributed by atoms with Crippen LogP contribution in [-0.4, -0.2) is 42.6 Å². The minimum absolute atomic E-state index is 0.00847. The van der Waals surface area contributed by atoms with E-state index in [4.69, 9.17) is 9.47 Å². The third kappa shape index (κ3) is 5.66. The van der Waals surface area contributed by atoms with Crippen LogP contribution in [0.4, 0.5) is 5.69 Å². The van der Waals surface area contributed by atoms with E-state index < -0.39 is 18.2 Å². The molecule has 6 nitrogen and oxygen atoms in total. The zero-order chi connectivity index (χ0) is 25.7. The Balaban J connectivity index is 1.95. The first-order valence-corrected chi connectivity index (χ1v) is 13.5. The molecule has 3 aromatic carbocycles. The van der Waals surface area contributed by atoms with Crippen molar-refractivity contribution in [3.8, 4) is 0 Å². The number of hydrogen-bond donors (Lipinski definition) is 0. The lowest BCUT2D eigenvalue weighted by Crippen LogP contribution is -2.41. The van der Waals surface area contributed by atoms with Crippen LogP contribution in [0.25, 0.3) is 0 Å². The molecule has 8 heteroatoms. The third-order valence-electron chi connectivity index (χ3n) is 6.11. The Morgan fingerprint density at radius 1 is 0.778 bits per heavy atom. The van der Waals surface area contributed by atoms with Crippen LogP contribution in [0.15, 0.2) is 87.8 Å². The SMILES string of the molecule is CCOC(=O)CN1[C@@H](c2ccc(Br)cc2)[C@@H](C(=O)OCC)N(c2ccccc2)[C@H]1c1ccc(Br)cc1. The molecular formula is C28H28Br2N2O4. The molecule has 0 aliphatic carbocycles. The first kappa shape index (κ1) is 26.4. The number of ether oxygens (including phenoxy) is 2. The van der Waals surface area contributed by atoms with E-state index in [-0.39, 0.29) is 31.7 Å². The lowest BCUT2D eigenvalue weighted by molar-refractivity contribution is -0.148. The maximum Gasteiger partial charge on any atom is 0.330 e. The molecule has 1 saturated heterocycles. The van der Waals surface area contributed by atoms with Gasteiger partial charge in [-0.2, -0.15) is 0 Å². The maximum absolute atomic E-state index is 13.6. The average Bonchev–Trinajstić information content (AvgIpc) is 3.20. The van der Waals surface area contributed by atoms with Gasteiger partial charge in [-0.1, -0.05) is 74.3 Å². The molecule has 1 aliphatic heterocycles. The van der Waals surface area contributed by atoms with Crippen molar-refractivity contribution in [3.63, 3.8) is 0 Å². The molecule has 1 aliphatic rings. The highest BCUT2D eigenvalue weighted by Gasteiger charge is 2.53. The summed E-state index contributed by atoms with van der Waals surface area (Å²) in [6.45, 7) is 4.14. The molecule has 4 rings (SSSR count). The van der Waals surface area contributed by atoms with E-state index in [1.807, 2.05) is 83.8 Å². The average molecular weight is 616 g/mol. The summed E-state index contributed by atoms with van der Waals surface area (Å²) in [7, 11) is 0. The maximum atomic E-state index is 13.6. The zero-order valence-corrected chi connectivity index (χ0v) is 23.3. The predicted molar refractivity (Wildman–Crippen MR) is 146 cm³/mol. The molecule has 0 amide bonds. The van der Waals surface area contributed by atoms with Crippen LogP contribution < -0.4 is 4.90 Å². The summed E-state index contributed by atoms with van der Waals surface area (Å²) >= 11 is 7.03. The number of hydrogen-bond acceptors (Lipinski definition) is 6. The Labute approximate surface area is 228 Å². The van der Waals surface area contributed by atoms with Crippen molar-refractivity contribution in [2.75, 3.05) is 24.7 Å². The monoisotopic (exact) mass is 614 g/mol. The van der Waals surface area contributed by atoms with Gasteiger partial charge < -0.3 is 14.4 Å². The predicted octanol–water partition coefficient (Wildman–Crippen LogP) is 6.27. The summed E-state index contributed by atoms with van der Waals surface area (Å²) in [5, 5.41) is 0. The van der Waals surface area contributed by atoms with Crippen LogP contribution in [0.2, 0.25) is 0 Å². The van der Waals surface area contributed by atoms with Crippen LogP contribution in [0.5, 0.6) is 0 Å². The van der Waals surface area contributed by atoms with Crippen LogP contribution in [0.3, 0.4) is 0 Å². The van der Waals surface area contributed by atoms with Gasteiger partial charge in [0, 0.05) is 14.6 Å². The number of para-hydroxylation sites is 1. The summed E-state index contributed by atoms with van der Waals surface area (Å²) in [5.41, 5.74) is 2.71. The van der Waals surface area contributed by atoms with Gasteiger partial charge in [0.05, 0.1) is 25.8 Å². The second kappa shape index (κ2) is 12.0. The first-order valence-electron chi connectivity index (χ1n) is 11.9. The number of carbonyl (C=O) groups is 2. The number of benzene rings is 3. The molecule has 0 bridgehead atoms. The molecule has 0 N–H and O–H groups in total. The summed E-state index contributed by atoms with van der Waals surface area (Å²) < 4.78 is 12.9. The fraction of sp³-hybridized carbons (Fsp3) is 0.286. The van der Waals surface area contributed by atoms with Crippen molar-refractivity contribution in [2.24, 2.45) is 0 Å². The van der Waals surface area contributed by atoms with E-state index >= 15 is 0 Å². The minimum Gasteiger partial charge on any atom is -0.465 e. The van der Waals surface area contributed by atoms with E-state index in [1.165, 1.54) is 0 Å². The number of anilines is 1. The number of rotatable bonds is 8. The Kier molecular flexibility index (Phi) is 8.82. The van der Waals surface area contributed by atoms with Gasteiger partial charge in [0.15, 0.2) is 0 Å². The molecule has 0 radical (unpaired) electrons. The van der Waals surface area contributed by atoms with E-state index in [1.54, 1.807) is 13.8 Å². The van der Waals surface area contributed by atoms with Gasteiger partial charge in [-0.3, -0.25) is 9.69 Å². The lowest BCUT2D eigenvalue weighted by Gasteiger charge is -2.33. The normalized spacial score (nSPS) is 19.8. The van der Waals surface area contributed by atoms with Gasteiger partial charge >= 0.3 is 11.9 Å². The largest absolute Gasteiger partial charge is 0.465 e. The zero-order valence-electron chi connectivity index (χ0n) is 20.1. The number of nitrogens with zero attached hydrogens (tertiary/aromatic N) is 2. The van der Waals surface area contributed by atoms with Gasteiger partial charge in [0.25, 0.3) is 0 Å². The highest BCUT2D eigenvalue weighted by molar-refractivity contribution is 9.10. The number of esters is 2. The molecule has 36 heavy (non-hydrogen) atoms. The fourth-order valence-electron chi connectivity index (χ4n) is 4.73. The van der Waals surface area contributed by atoms with Crippen molar-refractivity contribution >= 4 is 49.5 Å². The fourth-order valence-corrected chi connectivity index (χ4v) is 5.26. The van der Waals surface area contributed by atoms with E-state index in [9.17, 15) is 9.59 Å². The van der Waals surface area contributed by atoms with Gasteiger partial charge in [-0.25, -0.2) is 4.79 Å². The number of carbonyl (C=O) groups excluding carboxylic acids is 2. The molecular weight excluding hydrogens is 588 g/mol. The van der Waals surface area contributed by atoms with Gasteiger partial charge in [0.1, 0.15) is 12.2 Å². The van der Waals surface area contributed by atoms with Gasteiger partial charge in [0.2, 0.25) is 0 Å². The smallest absolute Gasteiger partial charge is 0.330 e. The van der Waals surface area contributed by atoms with E-state index in [2.05, 4.69) is 36.8 Å². The van der Waals surface area contributed by atoms with Crippen LogP contribution in [-0.2, 0) is 19.1 Å². The summed E-state index contributed by atoms with van der Waals surface area (Å²) in [4.78, 5) is 30.6. The Morgan fingerprint density at radius 2 is 1.33 bits per heavy atom. The molecule has 0 aromatic heterocycles. The van der Waals surface area contributed by atoms with Crippen molar-refractivity contribution in [1.29, 1.82) is 0 Å². The second-order valence-electron chi connectivity index (χ2n) is 8.34. The van der Waals surface area contributed by atoms with Crippen molar-refractivity contribution in [3.05, 3.63) is 98.9 Å². The van der Waals surface area contributed by atoms with E-state index in [0.29, 0.717) is 0 Å². The second-order valence-corrected chi connectivity index (χ2v) is 10.2. The molecule has 188 valence electrons. The van der Waals surface area contributed by atoms with E-state index in [0.717, 1.165) is 25.8 Å². The minimum atomic E-state index is -0.698. The summed E-state index contributed by atoms with van der Waals surface area (Å²) in [6.07, 6.45) is -0.423. The summed E-state index contributed by atoms with van der Waals surface area (Å²) in [6, 6.07) is 24.4. The van der Waals surface area contributed by atoms with Crippen LogP contribution in [0, 0.1) is 0 Å². The topological polar surface area (TPSA) is 59.1 Å². The highest BCUT2D eigenvalue weighted by Crippen LogP contribution is 2.48. The molecule has 0 spiro atoms. The summed E-state index contributed by atoms with van der Waals surface area (Å²) in [5.74, 6) is -0.693. The van der Waals surface area contributed by atoms with Crippen molar-refractivity contribution in [2.45, 2.75) is 32.1 Å². The molecule has 1 fully saturated rings. The lowest BCUT2D eigenvalue weighted by atomic mass is 9.98. The quantitative estimate of drug-likeness (QED) is 0.279. The number of halogens is 2. The van der Waals surface area contributed by atoms with Crippen LogP contribution >= 0.6 is 31.9 Å². The Hall–Kier alpha value is -2.68. The van der Waals surface area contributed by atoms with Crippen molar-refractivity contribution in [1.82, 2.24) is 4.90 Å². The Bertz CT molecular complexity index is 1170. The van der Waals surface area contributed by atoms with Gasteiger partial charge in [-0.05, 0) is 61.4 Å². The van der Waals surface area contributed by atoms with Crippen LogP contribution in [0.1, 0.15) is 37.2 Å². The van der Waals surface area contributed by atoms with Crippen molar-refractivity contribution < 1.29 is 19.1 Å². The molecule has 3 aromatic rings. The molecule has 0 unspecified atom stereocenters. The van der Waals surface area contributed by atoms with Gasteiger partial charge in [-0.15, -0.1) is 0 Å². The molecule has 3 atom stereocenters. The molecule has 1 heterocycles. The standard InChI is InChI=1S/C28H28Br2N2O4/c1-3-35-24(33)18-31-25(19-10-14-21(29)15-11-19)26(28(34)36-4-2)32(23-8-6-5-7-9-23)27(31)20-12-16-22(30)17-13-20/h5-17,25-27H,3-4,18H2,1-2H3/t25-,26-,27-/m0/s1. The third-order valence-corrected chi connectivity index (χ3v) is 7.17. The first-order chi connectivity index (χ1) is 17.4. The highest BCUT2D eigenvalue weighted by atomic mass is 79.9.